The van der Waals surface area contributed by atoms with Crippen LogP contribution in [-0.2, 0) is 0 Å². The average Bonchev–Trinajstić information content (AvgIpc) is 2.37. The first-order valence-electron chi connectivity index (χ1n) is 6.41. The van der Waals surface area contributed by atoms with E-state index in [1.807, 2.05) is 11.8 Å². The summed E-state index contributed by atoms with van der Waals surface area (Å²) in [6.07, 6.45) is 1.41. The number of nitrogens with zero attached hydrogens (tertiary/aromatic N) is 1. The van der Waals surface area contributed by atoms with Crippen LogP contribution in [0.3, 0.4) is 0 Å². The summed E-state index contributed by atoms with van der Waals surface area (Å²) in [5.41, 5.74) is 0.606. The van der Waals surface area contributed by atoms with Gasteiger partial charge in [0.1, 0.15) is 0 Å². The van der Waals surface area contributed by atoms with Gasteiger partial charge >= 0.3 is 0 Å². The largest absolute Gasteiger partial charge is 0.393 e. The topological polar surface area (TPSA) is 40.5 Å². The molecule has 1 atom stereocenters. The maximum atomic E-state index is 12.4. The number of piperidine rings is 1. The number of halogens is 2. The van der Waals surface area contributed by atoms with E-state index in [1.54, 1.807) is 18.2 Å². The van der Waals surface area contributed by atoms with Crippen LogP contribution in [0.15, 0.2) is 22.7 Å². The Kier molecular flexibility index (Phi) is 4.87. The third-order valence-corrected chi connectivity index (χ3v) is 4.29. The summed E-state index contributed by atoms with van der Waals surface area (Å²) in [4.78, 5) is 14.2. The Morgan fingerprint density at radius 3 is 2.58 bits per heavy atom. The molecular formula is C14H17BrClNO2. The Balaban J connectivity index is 2.05. The molecule has 0 aromatic heterocycles. The molecular weight excluding hydrogens is 330 g/mol. The highest BCUT2D eigenvalue weighted by Gasteiger charge is 2.26. The lowest BCUT2D eigenvalue weighted by atomic mass is 9.92. The van der Waals surface area contributed by atoms with Gasteiger partial charge in [0.05, 0.1) is 6.10 Å². The fourth-order valence-corrected chi connectivity index (χ4v) is 3.30. The molecule has 1 amide bonds. The second kappa shape index (κ2) is 6.25. The highest BCUT2D eigenvalue weighted by molar-refractivity contribution is 9.10. The van der Waals surface area contributed by atoms with Crippen molar-refractivity contribution in [1.29, 1.82) is 0 Å². The molecule has 1 aliphatic rings. The van der Waals surface area contributed by atoms with Crippen LogP contribution in [0.2, 0.25) is 5.02 Å². The van der Waals surface area contributed by atoms with Crippen molar-refractivity contribution in [3.05, 3.63) is 33.3 Å². The van der Waals surface area contributed by atoms with Crippen LogP contribution in [0.4, 0.5) is 0 Å². The minimum Gasteiger partial charge on any atom is -0.393 e. The molecule has 1 saturated heterocycles. The highest BCUT2D eigenvalue weighted by Crippen LogP contribution is 2.24. The van der Waals surface area contributed by atoms with E-state index in [2.05, 4.69) is 15.9 Å². The lowest BCUT2D eigenvalue weighted by Crippen LogP contribution is -2.40. The molecule has 1 N–H and O–H groups in total. The van der Waals surface area contributed by atoms with Crippen LogP contribution < -0.4 is 0 Å². The van der Waals surface area contributed by atoms with Gasteiger partial charge in [-0.3, -0.25) is 4.79 Å². The lowest BCUT2D eigenvalue weighted by molar-refractivity contribution is 0.0521. The molecule has 0 bridgehead atoms. The maximum absolute atomic E-state index is 12.4. The van der Waals surface area contributed by atoms with Crippen LogP contribution in [0.5, 0.6) is 0 Å². The maximum Gasteiger partial charge on any atom is 0.253 e. The van der Waals surface area contributed by atoms with Crippen LogP contribution >= 0.6 is 27.5 Å². The van der Waals surface area contributed by atoms with Crippen molar-refractivity contribution in [2.45, 2.75) is 25.9 Å². The van der Waals surface area contributed by atoms with E-state index in [-0.39, 0.29) is 12.0 Å². The molecule has 0 spiro atoms. The summed E-state index contributed by atoms with van der Waals surface area (Å²) >= 11 is 9.31. The standard InChI is InChI=1S/C14H17BrClNO2/c1-9(18)10-2-4-17(5-3-10)14(19)11-6-12(15)8-13(16)7-11/h6-10,18H,2-5H2,1H3. The highest BCUT2D eigenvalue weighted by atomic mass is 79.9. The zero-order valence-electron chi connectivity index (χ0n) is 10.8. The monoisotopic (exact) mass is 345 g/mol. The van der Waals surface area contributed by atoms with E-state index in [4.69, 9.17) is 11.6 Å². The summed E-state index contributed by atoms with van der Waals surface area (Å²) in [6.45, 7) is 3.20. The first-order valence-corrected chi connectivity index (χ1v) is 7.58. The minimum atomic E-state index is -0.294. The van der Waals surface area contributed by atoms with Gasteiger partial charge in [-0.1, -0.05) is 27.5 Å². The van der Waals surface area contributed by atoms with E-state index >= 15 is 0 Å². The van der Waals surface area contributed by atoms with Crippen LogP contribution in [-0.4, -0.2) is 35.1 Å². The number of carbonyl (C=O) groups excluding carboxylic acids is 1. The van der Waals surface area contributed by atoms with Crippen molar-refractivity contribution >= 4 is 33.4 Å². The zero-order chi connectivity index (χ0) is 14.0. The molecule has 19 heavy (non-hydrogen) atoms. The molecule has 2 rings (SSSR count). The molecule has 0 radical (unpaired) electrons. The Bertz CT molecular complexity index is 450. The SMILES string of the molecule is CC(O)C1CCN(C(=O)c2cc(Cl)cc(Br)c2)CC1. The van der Waals surface area contributed by atoms with E-state index in [0.717, 1.165) is 17.3 Å². The number of carbonyl (C=O) groups is 1. The van der Waals surface area contributed by atoms with Crippen molar-refractivity contribution in [3.63, 3.8) is 0 Å². The van der Waals surface area contributed by atoms with E-state index in [9.17, 15) is 9.90 Å². The fraction of sp³-hybridized carbons (Fsp3) is 0.500. The van der Waals surface area contributed by atoms with Gasteiger partial charge in [-0.25, -0.2) is 0 Å². The molecule has 1 aromatic carbocycles. The number of rotatable bonds is 2. The molecule has 3 nitrogen and oxygen atoms in total. The first-order chi connectivity index (χ1) is 8.97. The number of benzene rings is 1. The predicted octanol–water partition coefficient (Wildman–Crippen LogP) is 3.34. The third kappa shape index (κ3) is 3.71. The summed E-state index contributed by atoms with van der Waals surface area (Å²) < 4.78 is 0.808. The number of hydrogen-bond donors (Lipinski definition) is 1. The molecule has 104 valence electrons. The van der Waals surface area contributed by atoms with E-state index in [1.165, 1.54) is 0 Å². The van der Waals surface area contributed by atoms with Crippen molar-refractivity contribution in [2.24, 2.45) is 5.92 Å². The normalized spacial score (nSPS) is 18.4. The number of aliphatic hydroxyl groups is 1. The van der Waals surface area contributed by atoms with E-state index < -0.39 is 0 Å². The van der Waals surface area contributed by atoms with E-state index in [0.29, 0.717) is 29.6 Å². The van der Waals surface area contributed by atoms with Gasteiger partial charge in [-0.15, -0.1) is 0 Å². The van der Waals surface area contributed by atoms with Gasteiger partial charge in [0.25, 0.3) is 5.91 Å². The molecule has 1 fully saturated rings. The van der Waals surface area contributed by atoms with Crippen molar-refractivity contribution < 1.29 is 9.90 Å². The van der Waals surface area contributed by atoms with Gasteiger partial charge < -0.3 is 10.0 Å². The van der Waals surface area contributed by atoms with Crippen LogP contribution in [0, 0.1) is 5.92 Å². The molecule has 5 heteroatoms. The Labute approximate surface area is 126 Å². The first kappa shape index (κ1) is 14.8. The summed E-state index contributed by atoms with van der Waals surface area (Å²) in [6, 6.07) is 5.24. The quantitative estimate of drug-likeness (QED) is 0.892. The van der Waals surface area contributed by atoms with Crippen LogP contribution in [0.1, 0.15) is 30.1 Å². The number of likely N-dealkylation sites (tertiary alicyclic amines) is 1. The minimum absolute atomic E-state index is 0.00671. The second-order valence-electron chi connectivity index (χ2n) is 5.03. The van der Waals surface area contributed by atoms with Gasteiger partial charge in [0.15, 0.2) is 0 Å². The molecule has 1 aromatic rings. The molecule has 1 aliphatic heterocycles. The number of amides is 1. The Morgan fingerprint density at radius 2 is 2.05 bits per heavy atom. The molecule has 0 aliphatic carbocycles. The predicted molar refractivity (Wildman–Crippen MR) is 79.5 cm³/mol. The van der Waals surface area contributed by atoms with Crippen molar-refractivity contribution in [3.8, 4) is 0 Å². The summed E-state index contributed by atoms with van der Waals surface area (Å²) in [5, 5.41) is 10.1. The second-order valence-corrected chi connectivity index (χ2v) is 6.38. The average molecular weight is 347 g/mol. The molecule has 1 unspecified atom stereocenters. The van der Waals surface area contributed by atoms with Gasteiger partial charge in [0.2, 0.25) is 0 Å². The zero-order valence-corrected chi connectivity index (χ0v) is 13.1. The van der Waals surface area contributed by atoms with Crippen molar-refractivity contribution in [2.75, 3.05) is 13.1 Å². The third-order valence-electron chi connectivity index (χ3n) is 3.62. The molecule has 1 heterocycles. The number of aliphatic hydroxyl groups excluding tert-OH is 1. The van der Waals surface area contributed by atoms with Gasteiger partial charge in [-0.2, -0.15) is 0 Å². The van der Waals surface area contributed by atoms with Crippen LogP contribution in [0.25, 0.3) is 0 Å². The smallest absolute Gasteiger partial charge is 0.253 e. The fourth-order valence-electron chi connectivity index (χ4n) is 2.44. The molecule has 0 saturated carbocycles. The van der Waals surface area contributed by atoms with Gasteiger partial charge in [-0.05, 0) is 43.9 Å². The summed E-state index contributed by atoms with van der Waals surface area (Å²) in [5.74, 6) is 0.308. The van der Waals surface area contributed by atoms with Crippen molar-refractivity contribution in [1.82, 2.24) is 4.90 Å². The lowest BCUT2D eigenvalue weighted by Gasteiger charge is -2.33. The summed E-state index contributed by atoms with van der Waals surface area (Å²) in [7, 11) is 0. The Hall–Kier alpha value is -0.580. The van der Waals surface area contributed by atoms with Gasteiger partial charge in [0, 0.05) is 28.1 Å². The number of hydrogen-bond acceptors (Lipinski definition) is 2. The Morgan fingerprint density at radius 1 is 1.42 bits per heavy atom.